The van der Waals surface area contributed by atoms with Gasteiger partial charge in [-0.25, -0.2) is 0 Å². The monoisotopic (exact) mass is 431 g/mol. The van der Waals surface area contributed by atoms with E-state index < -0.39 is 0 Å². The average Bonchev–Trinajstić information content (AvgIpc) is 2.69. The number of nitrogens with zero attached hydrogens (tertiary/aromatic N) is 2. The fraction of sp³-hybridized carbons (Fsp3) is 0.391. The summed E-state index contributed by atoms with van der Waals surface area (Å²) in [4.78, 5) is 28.7. The van der Waals surface area contributed by atoms with E-state index >= 15 is 0 Å². The molecule has 0 radical (unpaired) electrons. The Kier molecular flexibility index (Phi) is 9.30. The predicted octanol–water partition coefficient (Wildman–Crippen LogP) is 3.50. The van der Waals surface area contributed by atoms with Gasteiger partial charge in [-0.05, 0) is 48.7 Å². The molecule has 2 amide bonds. The van der Waals surface area contributed by atoms with Crippen molar-refractivity contribution in [1.29, 1.82) is 0 Å². The second kappa shape index (κ2) is 11.7. The normalized spacial score (nSPS) is 10.9. The van der Waals surface area contributed by atoms with Crippen molar-refractivity contribution in [2.75, 3.05) is 45.7 Å². The summed E-state index contributed by atoms with van der Waals surface area (Å²) in [5, 5.41) is 3.58. The van der Waals surface area contributed by atoms with Gasteiger partial charge in [0.25, 0.3) is 0 Å². The fourth-order valence-corrected chi connectivity index (χ4v) is 3.24. The molecule has 2 aromatic rings. The Labute approximate surface area is 183 Å². The molecule has 1 N–H and O–H groups in total. The second-order valence-corrected chi connectivity index (χ2v) is 7.82. The number of hydrogen-bond donors (Lipinski definition) is 1. The maximum Gasteiger partial charge on any atom is 0.238 e. The standard InChI is InChI=1S/C23H30ClN3O3/c1-17-7-5-10-21(18(17)2)25-22(28)15-27(11-12-30-4)16-23(29)26(3)14-19-8-6-9-20(24)13-19/h5-10,13H,11-12,14-16H2,1-4H3,(H,25,28). The van der Waals surface area contributed by atoms with Crippen LogP contribution in [0.5, 0.6) is 0 Å². The lowest BCUT2D eigenvalue weighted by atomic mass is 10.1. The molecule has 0 spiro atoms. The molecule has 0 saturated carbocycles. The van der Waals surface area contributed by atoms with Crippen molar-refractivity contribution in [1.82, 2.24) is 9.80 Å². The summed E-state index contributed by atoms with van der Waals surface area (Å²) >= 11 is 6.02. The summed E-state index contributed by atoms with van der Waals surface area (Å²) in [6.45, 7) is 5.57. The van der Waals surface area contributed by atoms with E-state index in [1.54, 1.807) is 30.0 Å². The molecule has 0 aromatic heterocycles. The van der Waals surface area contributed by atoms with Crippen LogP contribution in [0.15, 0.2) is 42.5 Å². The zero-order valence-electron chi connectivity index (χ0n) is 18.1. The van der Waals surface area contributed by atoms with E-state index in [0.29, 0.717) is 24.7 Å². The van der Waals surface area contributed by atoms with Gasteiger partial charge in [0.1, 0.15) is 0 Å². The SMILES string of the molecule is COCCN(CC(=O)Nc1cccc(C)c1C)CC(=O)N(C)Cc1cccc(Cl)c1. The van der Waals surface area contributed by atoms with E-state index in [-0.39, 0.29) is 24.9 Å². The quantitative estimate of drug-likeness (QED) is 0.625. The Hall–Kier alpha value is -2.41. The molecule has 7 heteroatoms. The number of anilines is 1. The molecule has 0 bridgehead atoms. The van der Waals surface area contributed by atoms with Crippen LogP contribution in [0.3, 0.4) is 0 Å². The first-order chi connectivity index (χ1) is 14.3. The zero-order valence-corrected chi connectivity index (χ0v) is 18.8. The number of benzene rings is 2. The van der Waals surface area contributed by atoms with Gasteiger partial charge >= 0.3 is 0 Å². The van der Waals surface area contributed by atoms with Gasteiger partial charge in [0.2, 0.25) is 11.8 Å². The van der Waals surface area contributed by atoms with Gasteiger partial charge < -0.3 is 15.0 Å². The molecular formula is C23H30ClN3O3. The van der Waals surface area contributed by atoms with E-state index in [1.807, 2.05) is 50.2 Å². The Bertz CT molecular complexity index is 873. The van der Waals surface area contributed by atoms with Crippen LogP contribution < -0.4 is 5.32 Å². The summed E-state index contributed by atoms with van der Waals surface area (Å²) in [5.74, 6) is -0.240. The number of likely N-dealkylation sites (N-methyl/N-ethyl adjacent to an activating group) is 1. The molecule has 0 atom stereocenters. The first kappa shape index (κ1) is 23.9. The van der Waals surface area contributed by atoms with Crippen LogP contribution in [0, 0.1) is 13.8 Å². The van der Waals surface area contributed by atoms with Gasteiger partial charge in [0, 0.05) is 38.0 Å². The minimum Gasteiger partial charge on any atom is -0.383 e. The van der Waals surface area contributed by atoms with Crippen molar-refractivity contribution in [2.24, 2.45) is 0 Å². The Balaban J connectivity index is 1.97. The van der Waals surface area contributed by atoms with Crippen LogP contribution in [0.1, 0.15) is 16.7 Å². The van der Waals surface area contributed by atoms with Crippen LogP contribution in [0.2, 0.25) is 5.02 Å². The van der Waals surface area contributed by atoms with Crippen molar-refractivity contribution < 1.29 is 14.3 Å². The van der Waals surface area contributed by atoms with E-state index in [9.17, 15) is 9.59 Å². The van der Waals surface area contributed by atoms with Gasteiger partial charge in [0.15, 0.2) is 0 Å². The molecule has 30 heavy (non-hydrogen) atoms. The summed E-state index contributed by atoms with van der Waals surface area (Å²) in [6, 6.07) is 13.2. The average molecular weight is 432 g/mol. The lowest BCUT2D eigenvalue weighted by Gasteiger charge is -2.25. The predicted molar refractivity (Wildman–Crippen MR) is 121 cm³/mol. The summed E-state index contributed by atoms with van der Waals surface area (Å²) in [6.07, 6.45) is 0. The number of aryl methyl sites for hydroxylation is 1. The van der Waals surface area contributed by atoms with Gasteiger partial charge in [-0.15, -0.1) is 0 Å². The van der Waals surface area contributed by atoms with Crippen LogP contribution in [-0.2, 0) is 20.9 Å². The number of carbonyl (C=O) groups is 2. The highest BCUT2D eigenvalue weighted by atomic mass is 35.5. The van der Waals surface area contributed by atoms with Gasteiger partial charge in [-0.1, -0.05) is 35.9 Å². The number of methoxy groups -OCH3 is 1. The zero-order chi connectivity index (χ0) is 22.1. The van der Waals surface area contributed by atoms with E-state index in [0.717, 1.165) is 22.4 Å². The van der Waals surface area contributed by atoms with Crippen molar-refractivity contribution >= 4 is 29.1 Å². The van der Waals surface area contributed by atoms with Crippen molar-refractivity contribution in [3.63, 3.8) is 0 Å². The van der Waals surface area contributed by atoms with Crippen molar-refractivity contribution in [3.8, 4) is 0 Å². The molecule has 0 fully saturated rings. The van der Waals surface area contributed by atoms with Crippen LogP contribution >= 0.6 is 11.6 Å². The second-order valence-electron chi connectivity index (χ2n) is 7.38. The Morgan fingerprint density at radius 3 is 2.53 bits per heavy atom. The molecule has 2 rings (SSSR count). The molecule has 0 aliphatic carbocycles. The Morgan fingerprint density at radius 2 is 1.83 bits per heavy atom. The molecule has 2 aromatic carbocycles. The van der Waals surface area contributed by atoms with Crippen LogP contribution in [0.4, 0.5) is 5.69 Å². The minimum absolute atomic E-state index is 0.0781. The smallest absolute Gasteiger partial charge is 0.238 e. The van der Waals surface area contributed by atoms with E-state index in [4.69, 9.17) is 16.3 Å². The lowest BCUT2D eigenvalue weighted by Crippen LogP contribution is -2.43. The van der Waals surface area contributed by atoms with E-state index in [2.05, 4.69) is 5.32 Å². The number of rotatable bonds is 10. The van der Waals surface area contributed by atoms with Crippen molar-refractivity contribution in [2.45, 2.75) is 20.4 Å². The largest absolute Gasteiger partial charge is 0.383 e. The van der Waals surface area contributed by atoms with Crippen LogP contribution in [0.25, 0.3) is 0 Å². The summed E-state index contributed by atoms with van der Waals surface area (Å²) in [5.41, 5.74) is 3.89. The van der Waals surface area contributed by atoms with Gasteiger partial charge in [0.05, 0.1) is 19.7 Å². The maximum atomic E-state index is 12.7. The number of nitrogens with one attached hydrogen (secondary N) is 1. The molecule has 0 heterocycles. The number of halogens is 1. The highest BCUT2D eigenvalue weighted by Gasteiger charge is 2.18. The summed E-state index contributed by atoms with van der Waals surface area (Å²) in [7, 11) is 3.34. The molecule has 0 aliphatic rings. The number of amides is 2. The van der Waals surface area contributed by atoms with Gasteiger partial charge in [-0.2, -0.15) is 0 Å². The first-order valence-electron chi connectivity index (χ1n) is 9.86. The molecule has 0 unspecified atom stereocenters. The summed E-state index contributed by atoms with van der Waals surface area (Å²) < 4.78 is 5.14. The maximum absolute atomic E-state index is 12.7. The fourth-order valence-electron chi connectivity index (χ4n) is 3.02. The minimum atomic E-state index is -0.162. The lowest BCUT2D eigenvalue weighted by molar-refractivity contribution is -0.132. The molecule has 0 saturated heterocycles. The van der Waals surface area contributed by atoms with Gasteiger partial charge in [-0.3, -0.25) is 14.5 Å². The molecule has 162 valence electrons. The third kappa shape index (κ3) is 7.44. The highest BCUT2D eigenvalue weighted by molar-refractivity contribution is 6.30. The molecular weight excluding hydrogens is 402 g/mol. The topological polar surface area (TPSA) is 61.9 Å². The number of hydrogen-bond acceptors (Lipinski definition) is 4. The third-order valence-corrected chi connectivity index (χ3v) is 5.19. The molecule has 0 aliphatic heterocycles. The first-order valence-corrected chi connectivity index (χ1v) is 10.2. The van der Waals surface area contributed by atoms with Crippen LogP contribution in [-0.4, -0.2) is 62.0 Å². The highest BCUT2D eigenvalue weighted by Crippen LogP contribution is 2.18. The number of ether oxygens (including phenoxy) is 1. The molecule has 6 nitrogen and oxygen atoms in total. The Morgan fingerprint density at radius 1 is 1.10 bits per heavy atom. The third-order valence-electron chi connectivity index (χ3n) is 4.95. The van der Waals surface area contributed by atoms with Crippen molar-refractivity contribution in [3.05, 3.63) is 64.2 Å². The number of carbonyl (C=O) groups excluding carboxylic acids is 2. The van der Waals surface area contributed by atoms with E-state index in [1.165, 1.54) is 0 Å².